The average molecular weight is 325 g/mol. The highest BCUT2D eigenvalue weighted by atomic mass is 32.1. The second-order valence-corrected chi connectivity index (χ2v) is 8.88. The largest absolute Gasteiger partial charge is 0.347 e. The van der Waals surface area contributed by atoms with E-state index in [0.29, 0.717) is 17.9 Å². The Hall–Kier alpha value is -1.61. The number of benzene rings is 1. The van der Waals surface area contributed by atoms with Crippen LogP contribution in [0.4, 0.5) is 0 Å². The lowest BCUT2D eigenvalue weighted by atomic mass is 9.95. The first-order valence-corrected chi connectivity index (χ1v) is 9.17. The Morgan fingerprint density at radius 2 is 1.96 bits per heavy atom. The number of rotatable bonds is 3. The third-order valence-corrected chi connectivity index (χ3v) is 6.96. The van der Waals surface area contributed by atoms with Gasteiger partial charge in [-0.25, -0.2) is 0 Å². The number of fused-ring (bicyclic) bond motifs is 3. The van der Waals surface area contributed by atoms with E-state index in [4.69, 9.17) is 0 Å². The lowest BCUT2D eigenvalue weighted by Gasteiger charge is -2.10. The van der Waals surface area contributed by atoms with E-state index in [1.54, 1.807) is 11.3 Å². The van der Waals surface area contributed by atoms with E-state index in [1.165, 1.54) is 21.6 Å². The van der Waals surface area contributed by atoms with Crippen LogP contribution < -0.4 is 5.32 Å². The van der Waals surface area contributed by atoms with Gasteiger partial charge in [-0.3, -0.25) is 4.79 Å². The zero-order valence-electron chi connectivity index (χ0n) is 14.2. The van der Waals surface area contributed by atoms with Crippen molar-refractivity contribution >= 4 is 17.2 Å². The lowest BCUT2D eigenvalue weighted by molar-refractivity contribution is 0.0954. The van der Waals surface area contributed by atoms with Crippen LogP contribution in [-0.2, 0) is 13.0 Å². The molecular formula is C20H23NOS. The van der Waals surface area contributed by atoms with Crippen LogP contribution in [0.15, 0.2) is 24.3 Å². The van der Waals surface area contributed by atoms with Gasteiger partial charge in [0.15, 0.2) is 0 Å². The van der Waals surface area contributed by atoms with Gasteiger partial charge in [0, 0.05) is 11.4 Å². The van der Waals surface area contributed by atoms with Crippen LogP contribution in [0.25, 0.3) is 0 Å². The van der Waals surface area contributed by atoms with Crippen molar-refractivity contribution in [1.29, 1.82) is 0 Å². The third-order valence-electron chi connectivity index (χ3n) is 5.80. The normalized spacial score (nSPS) is 23.3. The molecule has 0 aliphatic heterocycles. The smallest absolute Gasteiger partial charge is 0.261 e. The van der Waals surface area contributed by atoms with E-state index in [0.717, 1.165) is 22.8 Å². The molecule has 0 bridgehead atoms. The molecule has 1 amide bonds. The fourth-order valence-electron chi connectivity index (χ4n) is 4.28. The molecule has 1 saturated carbocycles. The van der Waals surface area contributed by atoms with Gasteiger partial charge in [-0.1, -0.05) is 43.7 Å². The van der Waals surface area contributed by atoms with Crippen LogP contribution in [-0.4, -0.2) is 5.91 Å². The second kappa shape index (κ2) is 4.94. The number of hydrogen-bond donors (Lipinski definition) is 1. The van der Waals surface area contributed by atoms with E-state index < -0.39 is 0 Å². The number of aryl methyl sites for hydroxylation is 2. The fourth-order valence-corrected chi connectivity index (χ4v) is 5.43. The van der Waals surface area contributed by atoms with E-state index >= 15 is 0 Å². The van der Waals surface area contributed by atoms with Gasteiger partial charge in [-0.15, -0.1) is 11.3 Å². The van der Waals surface area contributed by atoms with Gasteiger partial charge >= 0.3 is 0 Å². The number of thiophene rings is 1. The van der Waals surface area contributed by atoms with Crippen LogP contribution in [0.5, 0.6) is 0 Å². The molecule has 1 aromatic carbocycles. The van der Waals surface area contributed by atoms with Crippen molar-refractivity contribution in [2.45, 2.75) is 46.6 Å². The van der Waals surface area contributed by atoms with Crippen LogP contribution >= 0.6 is 11.3 Å². The number of amides is 1. The minimum Gasteiger partial charge on any atom is -0.347 e. The molecule has 1 fully saturated rings. The molecule has 120 valence electrons. The number of hydrogen-bond acceptors (Lipinski definition) is 2. The molecule has 2 aromatic rings. The monoisotopic (exact) mass is 325 g/mol. The average Bonchev–Trinajstić information content (AvgIpc) is 2.85. The maximum atomic E-state index is 12.6. The Kier molecular flexibility index (Phi) is 3.21. The first kappa shape index (κ1) is 14.9. The molecular weight excluding hydrogens is 302 g/mol. The highest BCUT2D eigenvalue weighted by molar-refractivity contribution is 7.14. The van der Waals surface area contributed by atoms with Gasteiger partial charge in [0.2, 0.25) is 0 Å². The highest BCUT2D eigenvalue weighted by Gasteiger charge is 2.63. The second-order valence-electron chi connectivity index (χ2n) is 7.66. The molecule has 23 heavy (non-hydrogen) atoms. The van der Waals surface area contributed by atoms with E-state index in [1.807, 2.05) is 0 Å². The summed E-state index contributed by atoms with van der Waals surface area (Å²) in [6.07, 6.45) is 1.09. The summed E-state index contributed by atoms with van der Waals surface area (Å²) in [6, 6.07) is 8.34. The maximum Gasteiger partial charge on any atom is 0.261 e. The van der Waals surface area contributed by atoms with Crippen molar-refractivity contribution in [2.24, 2.45) is 11.3 Å². The van der Waals surface area contributed by atoms with Crippen LogP contribution in [0.2, 0.25) is 0 Å². The lowest BCUT2D eigenvalue weighted by Crippen LogP contribution is -2.23. The minimum absolute atomic E-state index is 0.0963. The summed E-state index contributed by atoms with van der Waals surface area (Å²) in [5.41, 5.74) is 5.66. The van der Waals surface area contributed by atoms with Gasteiger partial charge in [0.1, 0.15) is 0 Å². The summed E-state index contributed by atoms with van der Waals surface area (Å²) in [7, 11) is 0. The molecule has 1 heterocycles. The van der Waals surface area contributed by atoms with E-state index in [9.17, 15) is 4.79 Å². The van der Waals surface area contributed by atoms with Crippen molar-refractivity contribution in [2.75, 3.05) is 0 Å². The predicted octanol–water partition coefficient (Wildman–Crippen LogP) is 4.59. The van der Waals surface area contributed by atoms with Gasteiger partial charge in [0.25, 0.3) is 5.91 Å². The molecule has 2 nitrogen and oxygen atoms in total. The first-order chi connectivity index (χ1) is 10.9. The highest BCUT2D eigenvalue weighted by Crippen LogP contribution is 2.71. The van der Waals surface area contributed by atoms with Crippen LogP contribution in [0.3, 0.4) is 0 Å². The number of carbonyl (C=O) groups is 1. The summed E-state index contributed by atoms with van der Waals surface area (Å²) in [4.78, 5) is 14.9. The summed E-state index contributed by atoms with van der Waals surface area (Å²) < 4.78 is 0. The molecule has 2 atom stereocenters. The first-order valence-electron chi connectivity index (χ1n) is 8.35. The Morgan fingerprint density at radius 3 is 2.65 bits per heavy atom. The minimum atomic E-state index is 0.0963. The summed E-state index contributed by atoms with van der Waals surface area (Å²) in [5, 5.41) is 3.10. The maximum absolute atomic E-state index is 12.6. The molecule has 2 aliphatic carbocycles. The van der Waals surface area contributed by atoms with Crippen LogP contribution in [0, 0.1) is 25.2 Å². The van der Waals surface area contributed by atoms with Crippen molar-refractivity contribution in [3.8, 4) is 0 Å². The predicted molar refractivity (Wildman–Crippen MR) is 95.1 cm³/mol. The molecule has 0 radical (unpaired) electrons. The van der Waals surface area contributed by atoms with E-state index in [2.05, 4.69) is 57.3 Å². The van der Waals surface area contributed by atoms with Gasteiger partial charge in [0.05, 0.1) is 4.88 Å². The van der Waals surface area contributed by atoms with E-state index in [-0.39, 0.29) is 5.91 Å². The number of nitrogens with one attached hydrogen (secondary N) is 1. The Labute approximate surface area is 141 Å². The van der Waals surface area contributed by atoms with Gasteiger partial charge in [-0.2, -0.15) is 0 Å². The Morgan fingerprint density at radius 1 is 1.26 bits per heavy atom. The Balaban J connectivity index is 1.51. The SMILES string of the molecule is Cc1ccc(CNC(=O)c2sc(C)c3c2C[C@H]2[C@@H]3C2(C)C)cc1. The van der Waals surface area contributed by atoms with Crippen molar-refractivity contribution in [3.63, 3.8) is 0 Å². The van der Waals surface area contributed by atoms with Crippen molar-refractivity contribution < 1.29 is 4.79 Å². The molecule has 0 spiro atoms. The molecule has 3 heteroatoms. The molecule has 0 saturated heterocycles. The standard InChI is InChI=1S/C20H23NOS/c1-11-5-7-13(8-6-11)10-21-19(22)18-14-9-15-17(20(15,3)4)16(14)12(2)23-18/h5-8,15,17H,9-10H2,1-4H3,(H,21,22)/t15-,17-/m0/s1. The third kappa shape index (κ3) is 2.25. The quantitative estimate of drug-likeness (QED) is 0.878. The molecule has 0 unspecified atom stereocenters. The van der Waals surface area contributed by atoms with Crippen molar-refractivity contribution in [3.05, 3.63) is 56.3 Å². The molecule has 1 N–H and O–H groups in total. The zero-order valence-corrected chi connectivity index (χ0v) is 15.0. The molecule has 2 aliphatic rings. The zero-order chi connectivity index (χ0) is 16.4. The summed E-state index contributed by atoms with van der Waals surface area (Å²) >= 11 is 1.68. The van der Waals surface area contributed by atoms with Gasteiger partial charge < -0.3 is 5.32 Å². The fraction of sp³-hybridized carbons (Fsp3) is 0.450. The van der Waals surface area contributed by atoms with Crippen LogP contribution in [0.1, 0.15) is 56.6 Å². The van der Waals surface area contributed by atoms with Crippen molar-refractivity contribution in [1.82, 2.24) is 5.32 Å². The summed E-state index contributed by atoms with van der Waals surface area (Å²) in [6.45, 7) is 9.58. The number of carbonyl (C=O) groups excluding carboxylic acids is 1. The molecule has 1 aromatic heterocycles. The summed E-state index contributed by atoms with van der Waals surface area (Å²) in [5.74, 6) is 1.54. The Bertz CT molecular complexity index is 785. The van der Waals surface area contributed by atoms with Gasteiger partial charge in [-0.05, 0) is 54.2 Å². The molecule has 4 rings (SSSR count). The topological polar surface area (TPSA) is 29.1 Å².